The minimum Gasteiger partial charge on any atom is -0.493 e. The molecule has 0 saturated carbocycles. The minimum absolute atomic E-state index is 0.147. The molecule has 4 rings (SSSR count). The monoisotopic (exact) mass is 490 g/mol. The highest BCUT2D eigenvalue weighted by Gasteiger charge is 2.29. The smallest absolute Gasteiger partial charge is 0.277 e. The van der Waals surface area contributed by atoms with Crippen LogP contribution in [-0.4, -0.2) is 76.5 Å². The summed E-state index contributed by atoms with van der Waals surface area (Å²) in [4.78, 5) is 22.6. The lowest BCUT2D eigenvalue weighted by Crippen LogP contribution is -2.48. The number of aromatic amines is 1. The molecule has 1 N–H and O–H groups in total. The van der Waals surface area contributed by atoms with E-state index < -0.39 is 10.0 Å². The van der Waals surface area contributed by atoms with Crippen LogP contribution in [0.25, 0.3) is 16.9 Å². The van der Waals surface area contributed by atoms with E-state index in [0.717, 1.165) is 13.0 Å². The Morgan fingerprint density at radius 1 is 1.15 bits per heavy atom. The van der Waals surface area contributed by atoms with E-state index in [0.29, 0.717) is 67.6 Å². The van der Waals surface area contributed by atoms with Crippen molar-refractivity contribution in [1.29, 1.82) is 0 Å². The predicted molar refractivity (Wildman–Crippen MR) is 130 cm³/mol. The number of likely N-dealkylation sites (N-methyl/N-ethyl adjacent to an activating group) is 1. The van der Waals surface area contributed by atoms with E-state index in [1.165, 1.54) is 4.31 Å². The van der Waals surface area contributed by atoms with Crippen molar-refractivity contribution in [2.75, 3.05) is 39.3 Å². The number of piperazine rings is 1. The lowest BCUT2D eigenvalue weighted by molar-refractivity contribution is 0.196. The highest BCUT2D eigenvalue weighted by atomic mass is 32.2. The van der Waals surface area contributed by atoms with Crippen LogP contribution in [0.2, 0.25) is 0 Å². The number of H-pyrrole nitrogens is 1. The summed E-state index contributed by atoms with van der Waals surface area (Å²) in [6.07, 6.45) is 1.52. The number of hydrogen-bond donors (Lipinski definition) is 1. The highest BCUT2D eigenvalue weighted by Crippen LogP contribution is 2.31. The molecule has 1 aromatic carbocycles. The first-order chi connectivity index (χ1) is 16.3. The van der Waals surface area contributed by atoms with Crippen molar-refractivity contribution in [1.82, 2.24) is 28.8 Å². The van der Waals surface area contributed by atoms with Crippen LogP contribution in [0.5, 0.6) is 5.75 Å². The van der Waals surface area contributed by atoms with Crippen molar-refractivity contribution in [2.45, 2.75) is 45.4 Å². The zero-order valence-corrected chi connectivity index (χ0v) is 21.0. The van der Waals surface area contributed by atoms with E-state index in [9.17, 15) is 13.2 Å². The van der Waals surface area contributed by atoms with Gasteiger partial charge < -0.3 is 14.6 Å². The Kier molecular flexibility index (Phi) is 7.06. The van der Waals surface area contributed by atoms with Crippen molar-refractivity contribution in [3.05, 3.63) is 40.1 Å². The standard InChI is InChI=1S/C23H32N6O4S/c1-5-8-20-24-16(4)21-23(30)25-22(26-29(20)21)18-15-17(9-10-19(18)33-7-3)34(31,32)28-13-11-27(6-2)12-14-28/h9-10,15H,5-8,11-14H2,1-4H3,(H,25,26,30)/i22+2. The van der Waals surface area contributed by atoms with E-state index in [4.69, 9.17) is 4.74 Å². The summed E-state index contributed by atoms with van der Waals surface area (Å²) in [5, 5.41) is 4.65. The number of benzene rings is 1. The van der Waals surface area contributed by atoms with Gasteiger partial charge in [0.25, 0.3) is 5.56 Å². The second-order valence-electron chi connectivity index (χ2n) is 8.36. The number of hydrogen-bond acceptors (Lipinski definition) is 7. The molecule has 0 unspecified atom stereocenters. The number of imidazole rings is 1. The van der Waals surface area contributed by atoms with Crippen molar-refractivity contribution in [3.63, 3.8) is 0 Å². The number of rotatable bonds is 8. The molecule has 0 radical (unpaired) electrons. The molecule has 0 atom stereocenters. The molecular weight excluding hydrogens is 458 g/mol. The maximum absolute atomic E-state index is 13.4. The Labute approximate surface area is 199 Å². The number of ether oxygens (including phenoxy) is 1. The van der Waals surface area contributed by atoms with Crippen molar-refractivity contribution < 1.29 is 13.2 Å². The van der Waals surface area contributed by atoms with E-state index >= 15 is 0 Å². The van der Waals surface area contributed by atoms with Crippen molar-refractivity contribution >= 4 is 15.5 Å². The van der Waals surface area contributed by atoms with Crippen LogP contribution < -0.4 is 10.3 Å². The quantitative estimate of drug-likeness (QED) is 0.514. The summed E-state index contributed by atoms with van der Waals surface area (Å²) in [5.41, 5.74) is 1.09. The van der Waals surface area contributed by atoms with Gasteiger partial charge in [-0.05, 0) is 45.0 Å². The van der Waals surface area contributed by atoms with Gasteiger partial charge in [0.1, 0.15) is 11.6 Å². The molecule has 1 aliphatic rings. The number of nitrogens with one attached hydrogen (secondary N) is 1. The Morgan fingerprint density at radius 3 is 2.53 bits per heavy atom. The molecule has 2 aromatic heterocycles. The van der Waals surface area contributed by atoms with Gasteiger partial charge in [-0.15, -0.1) is 5.10 Å². The maximum atomic E-state index is 13.4. The van der Waals surface area contributed by atoms with Crippen LogP contribution in [0.3, 0.4) is 0 Å². The maximum Gasteiger partial charge on any atom is 0.277 e. The van der Waals surface area contributed by atoms with Gasteiger partial charge in [0.05, 0.1) is 22.8 Å². The van der Waals surface area contributed by atoms with E-state index in [-0.39, 0.29) is 16.3 Å². The van der Waals surface area contributed by atoms with Crippen LogP contribution >= 0.6 is 0 Å². The molecule has 1 saturated heterocycles. The zero-order chi connectivity index (χ0) is 24.5. The molecule has 11 heteroatoms. The van der Waals surface area contributed by atoms with E-state index in [2.05, 4.69) is 26.9 Å². The van der Waals surface area contributed by atoms with Crippen molar-refractivity contribution in [3.8, 4) is 17.1 Å². The molecule has 1 fully saturated rings. The predicted octanol–water partition coefficient (Wildman–Crippen LogP) is 2.07. The summed E-state index contributed by atoms with van der Waals surface area (Å²) in [6, 6.07) is 4.72. The minimum atomic E-state index is -3.71. The van der Waals surface area contributed by atoms with Crippen LogP contribution in [0.4, 0.5) is 0 Å². The first-order valence-electron chi connectivity index (χ1n) is 11.8. The van der Waals surface area contributed by atoms with Crippen LogP contribution in [0.15, 0.2) is 27.9 Å². The molecule has 184 valence electrons. The van der Waals surface area contributed by atoms with Gasteiger partial charge in [-0.1, -0.05) is 13.8 Å². The lowest BCUT2D eigenvalue weighted by atomic mass is 10.3. The van der Waals surface area contributed by atoms with Crippen LogP contribution in [0.1, 0.15) is 38.7 Å². The Morgan fingerprint density at radius 2 is 1.88 bits per heavy atom. The number of aryl methyl sites for hydroxylation is 2. The fraction of sp³-hybridized carbons (Fsp3) is 0.522. The normalized spacial score (nSPS) is 15.8. The molecule has 0 bridgehead atoms. The van der Waals surface area contributed by atoms with Crippen molar-refractivity contribution in [2.24, 2.45) is 0 Å². The highest BCUT2D eigenvalue weighted by molar-refractivity contribution is 7.89. The third kappa shape index (κ3) is 4.47. The molecule has 0 amide bonds. The van der Waals surface area contributed by atoms with Gasteiger partial charge in [-0.25, -0.2) is 17.9 Å². The number of nitrogens with zero attached hydrogens (tertiary/aromatic N) is 5. The molecule has 3 aromatic rings. The van der Waals surface area contributed by atoms with Crippen LogP contribution in [0, 0.1) is 6.92 Å². The van der Waals surface area contributed by atoms with E-state index in [1.807, 2.05) is 13.8 Å². The van der Waals surface area contributed by atoms with Gasteiger partial charge in [-0.3, -0.25) is 4.79 Å². The second-order valence-corrected chi connectivity index (χ2v) is 10.3. The zero-order valence-electron chi connectivity index (χ0n) is 20.2. The van der Waals surface area contributed by atoms with Gasteiger partial charge in [0.2, 0.25) is 10.0 Å². The first-order valence-corrected chi connectivity index (χ1v) is 13.2. The molecular formula is C23H32N6O4S. The third-order valence-corrected chi connectivity index (χ3v) is 8.03. The topological polar surface area (TPSA) is 113 Å². The number of sulfonamides is 1. The van der Waals surface area contributed by atoms with Gasteiger partial charge in [0.15, 0.2) is 11.3 Å². The Hall–Kier alpha value is -2.76. The molecule has 1 aliphatic heterocycles. The summed E-state index contributed by atoms with van der Waals surface area (Å²) >= 11 is 0. The Bertz CT molecular complexity index is 1340. The molecule has 10 nitrogen and oxygen atoms in total. The van der Waals surface area contributed by atoms with Gasteiger partial charge in [-0.2, -0.15) is 4.31 Å². The first kappa shape index (κ1) is 24.4. The fourth-order valence-electron chi connectivity index (χ4n) is 4.31. The molecule has 34 heavy (non-hydrogen) atoms. The Balaban J connectivity index is 1.82. The average molecular weight is 491 g/mol. The second kappa shape index (κ2) is 9.85. The van der Waals surface area contributed by atoms with Gasteiger partial charge >= 0.3 is 0 Å². The molecule has 0 spiro atoms. The largest absolute Gasteiger partial charge is 0.493 e. The molecule has 0 aliphatic carbocycles. The molecule has 3 heterocycles. The summed E-state index contributed by atoms with van der Waals surface area (Å²) in [7, 11) is -3.71. The third-order valence-electron chi connectivity index (χ3n) is 6.14. The van der Waals surface area contributed by atoms with Gasteiger partial charge in [0, 0.05) is 32.6 Å². The van der Waals surface area contributed by atoms with Crippen LogP contribution in [-0.2, 0) is 16.4 Å². The lowest BCUT2D eigenvalue weighted by Gasteiger charge is -2.33. The average Bonchev–Trinajstić information content (AvgIpc) is 3.15. The number of fused-ring (bicyclic) bond motifs is 1. The summed E-state index contributed by atoms with van der Waals surface area (Å²) in [5.74, 6) is 1.38. The summed E-state index contributed by atoms with van der Waals surface area (Å²) in [6.45, 7) is 11.3. The van der Waals surface area contributed by atoms with E-state index in [1.54, 1.807) is 29.6 Å². The SMILES string of the molecule is CCCc1nc(C)c2c(=O)[nH][14c](-c3cc(S(=O)(=O)N4CCN(CC)CC4)ccc3OCC)nn12. The number of aromatic nitrogens is 4. The summed E-state index contributed by atoms with van der Waals surface area (Å²) < 4.78 is 35.7. The fourth-order valence-corrected chi connectivity index (χ4v) is 5.76.